The summed E-state index contributed by atoms with van der Waals surface area (Å²) in [4.78, 5) is 49.2. The minimum Gasteiger partial charge on any atom is -0.345 e. The van der Waals surface area contributed by atoms with Gasteiger partial charge in [-0.15, -0.1) is 11.3 Å². The maximum Gasteiger partial charge on any atom is 0.257 e. The molecule has 0 radical (unpaired) electrons. The standard InChI is InChI=1S/C21H19N5O3S/c1-25-11-16(27)24-19-17(21(25)29)14-6-9-26(10-15(14)30-19)20(28)13-4-2-12(3-5-13)18-22-7-8-23-18/h2-5,7-8H,6,9-11H2,1H3,(H,22,23)(H,24,27). The molecule has 0 aliphatic carbocycles. The molecule has 5 rings (SSSR count). The highest BCUT2D eigenvalue weighted by atomic mass is 32.1. The Hall–Kier alpha value is -3.46. The second-order valence-electron chi connectivity index (χ2n) is 7.41. The Balaban J connectivity index is 1.38. The molecule has 2 N–H and O–H groups in total. The summed E-state index contributed by atoms with van der Waals surface area (Å²) in [6.45, 7) is 1.01. The molecule has 2 aliphatic heterocycles. The van der Waals surface area contributed by atoms with Gasteiger partial charge in [0.1, 0.15) is 10.8 Å². The molecule has 0 saturated heterocycles. The van der Waals surface area contributed by atoms with Crippen molar-refractivity contribution in [2.45, 2.75) is 13.0 Å². The number of nitrogens with one attached hydrogen (secondary N) is 2. The van der Waals surface area contributed by atoms with Crippen LogP contribution in [0.1, 0.15) is 31.2 Å². The van der Waals surface area contributed by atoms with E-state index in [0.717, 1.165) is 21.8 Å². The van der Waals surface area contributed by atoms with Crippen LogP contribution >= 0.6 is 11.3 Å². The lowest BCUT2D eigenvalue weighted by atomic mass is 10.0. The third-order valence-corrected chi connectivity index (χ3v) is 6.57. The van der Waals surface area contributed by atoms with E-state index in [1.807, 2.05) is 12.1 Å². The Morgan fingerprint density at radius 1 is 1.17 bits per heavy atom. The van der Waals surface area contributed by atoms with Crippen molar-refractivity contribution in [3.63, 3.8) is 0 Å². The number of hydrogen-bond acceptors (Lipinski definition) is 5. The zero-order valence-electron chi connectivity index (χ0n) is 16.3. The number of carbonyl (C=O) groups excluding carboxylic acids is 3. The number of fused-ring (bicyclic) bond motifs is 3. The van der Waals surface area contributed by atoms with Gasteiger partial charge in [0.15, 0.2) is 0 Å². The zero-order chi connectivity index (χ0) is 20.8. The zero-order valence-corrected chi connectivity index (χ0v) is 17.1. The summed E-state index contributed by atoms with van der Waals surface area (Å²) in [5.74, 6) is 0.359. The van der Waals surface area contributed by atoms with E-state index in [1.165, 1.54) is 16.2 Å². The minimum absolute atomic E-state index is 0.0492. The Labute approximate surface area is 176 Å². The average molecular weight is 421 g/mol. The van der Waals surface area contributed by atoms with E-state index >= 15 is 0 Å². The van der Waals surface area contributed by atoms with Crippen LogP contribution in [0.25, 0.3) is 11.4 Å². The molecule has 0 fully saturated rings. The summed E-state index contributed by atoms with van der Waals surface area (Å²) in [6.07, 6.45) is 4.04. The fourth-order valence-corrected chi connectivity index (χ4v) is 5.18. The lowest BCUT2D eigenvalue weighted by Crippen LogP contribution is -2.36. The summed E-state index contributed by atoms with van der Waals surface area (Å²) in [5.41, 5.74) is 3.05. The normalized spacial score (nSPS) is 16.0. The maximum atomic E-state index is 13.0. The molecule has 0 saturated carbocycles. The van der Waals surface area contributed by atoms with E-state index in [4.69, 9.17) is 0 Å². The number of carbonyl (C=O) groups is 3. The van der Waals surface area contributed by atoms with Gasteiger partial charge in [0.2, 0.25) is 5.91 Å². The largest absolute Gasteiger partial charge is 0.345 e. The maximum absolute atomic E-state index is 13.0. The lowest BCUT2D eigenvalue weighted by Gasteiger charge is -2.27. The number of aromatic amines is 1. The van der Waals surface area contributed by atoms with Crippen LogP contribution in [-0.4, -0.2) is 57.6 Å². The number of rotatable bonds is 2. The molecule has 0 bridgehead atoms. The molecule has 152 valence electrons. The molecule has 1 aromatic carbocycles. The van der Waals surface area contributed by atoms with Crippen LogP contribution in [-0.2, 0) is 17.8 Å². The molecule has 8 nitrogen and oxygen atoms in total. The van der Waals surface area contributed by atoms with Crippen molar-refractivity contribution in [3.05, 3.63) is 58.2 Å². The summed E-state index contributed by atoms with van der Waals surface area (Å²) in [7, 11) is 1.63. The number of H-pyrrole nitrogens is 1. The Bertz CT molecular complexity index is 1150. The number of aromatic nitrogens is 2. The first-order valence-corrected chi connectivity index (χ1v) is 10.4. The molecule has 0 spiro atoms. The number of anilines is 1. The van der Waals surface area contributed by atoms with Gasteiger partial charge in [0.25, 0.3) is 11.8 Å². The minimum atomic E-state index is -0.201. The molecule has 0 atom stereocenters. The first-order chi connectivity index (χ1) is 14.5. The van der Waals surface area contributed by atoms with Gasteiger partial charge in [-0.25, -0.2) is 4.98 Å². The van der Waals surface area contributed by atoms with Crippen molar-refractivity contribution in [1.29, 1.82) is 0 Å². The number of likely N-dealkylation sites (N-methyl/N-ethyl adjacent to an activating group) is 1. The average Bonchev–Trinajstić information content (AvgIpc) is 3.38. The number of amides is 3. The predicted octanol–water partition coefficient (Wildman–Crippen LogP) is 2.36. The van der Waals surface area contributed by atoms with Crippen molar-refractivity contribution in [2.24, 2.45) is 0 Å². The molecule has 9 heteroatoms. The van der Waals surface area contributed by atoms with Crippen LogP contribution in [0.5, 0.6) is 0 Å². The molecule has 3 aromatic rings. The SMILES string of the molecule is CN1CC(=O)Nc2sc3c(c2C1=O)CCN(C(=O)c1ccc(-c2ncc[nH]2)cc1)C3. The van der Waals surface area contributed by atoms with Gasteiger partial charge in [-0.1, -0.05) is 12.1 Å². The van der Waals surface area contributed by atoms with Crippen LogP contribution in [0.4, 0.5) is 5.00 Å². The fraction of sp³-hybridized carbons (Fsp3) is 0.238. The first kappa shape index (κ1) is 18.6. The second-order valence-corrected chi connectivity index (χ2v) is 8.51. The third kappa shape index (κ3) is 3.07. The Morgan fingerprint density at radius 2 is 1.97 bits per heavy atom. The monoisotopic (exact) mass is 421 g/mol. The van der Waals surface area contributed by atoms with Crippen LogP contribution in [0.2, 0.25) is 0 Å². The highest BCUT2D eigenvalue weighted by Crippen LogP contribution is 2.39. The van der Waals surface area contributed by atoms with Crippen molar-refractivity contribution in [2.75, 3.05) is 25.5 Å². The molecule has 30 heavy (non-hydrogen) atoms. The number of nitrogens with zero attached hydrogens (tertiary/aromatic N) is 3. The first-order valence-electron chi connectivity index (χ1n) is 9.60. The quantitative estimate of drug-likeness (QED) is 0.664. The van der Waals surface area contributed by atoms with Crippen LogP contribution in [0.3, 0.4) is 0 Å². The van der Waals surface area contributed by atoms with Crippen LogP contribution < -0.4 is 5.32 Å². The predicted molar refractivity (Wildman–Crippen MR) is 112 cm³/mol. The van der Waals surface area contributed by atoms with Crippen LogP contribution in [0.15, 0.2) is 36.7 Å². The summed E-state index contributed by atoms with van der Waals surface area (Å²) in [6, 6.07) is 7.35. The summed E-state index contributed by atoms with van der Waals surface area (Å²) in [5, 5.41) is 3.43. The van der Waals surface area contributed by atoms with Crippen LogP contribution in [0, 0.1) is 0 Å². The number of hydrogen-bond donors (Lipinski definition) is 2. The highest BCUT2D eigenvalue weighted by Gasteiger charge is 2.34. The topological polar surface area (TPSA) is 98.4 Å². The molecule has 2 aromatic heterocycles. The smallest absolute Gasteiger partial charge is 0.257 e. The Kier molecular flexibility index (Phi) is 4.39. The van der Waals surface area contributed by atoms with Crippen molar-refractivity contribution in [1.82, 2.24) is 19.8 Å². The van der Waals surface area contributed by atoms with E-state index in [0.29, 0.717) is 35.6 Å². The Morgan fingerprint density at radius 3 is 2.70 bits per heavy atom. The van der Waals surface area contributed by atoms with Crippen molar-refractivity contribution >= 4 is 34.1 Å². The number of imidazole rings is 1. The van der Waals surface area contributed by atoms with E-state index in [9.17, 15) is 14.4 Å². The molecule has 2 aliphatic rings. The van der Waals surface area contributed by atoms with Gasteiger partial charge in [0.05, 0.1) is 18.7 Å². The van der Waals surface area contributed by atoms with E-state index in [2.05, 4.69) is 15.3 Å². The van der Waals surface area contributed by atoms with Gasteiger partial charge < -0.3 is 20.1 Å². The van der Waals surface area contributed by atoms with E-state index in [1.54, 1.807) is 36.5 Å². The van der Waals surface area contributed by atoms with Crippen molar-refractivity contribution in [3.8, 4) is 11.4 Å². The molecule has 4 heterocycles. The second kappa shape index (κ2) is 7.10. The molecular weight excluding hydrogens is 402 g/mol. The fourth-order valence-electron chi connectivity index (χ4n) is 3.91. The van der Waals surface area contributed by atoms with Gasteiger partial charge in [-0.3, -0.25) is 14.4 Å². The summed E-state index contributed by atoms with van der Waals surface area (Å²) < 4.78 is 0. The molecular formula is C21H19N5O3S. The van der Waals surface area contributed by atoms with Gasteiger partial charge in [-0.2, -0.15) is 0 Å². The lowest BCUT2D eigenvalue weighted by molar-refractivity contribution is -0.116. The number of benzene rings is 1. The molecule has 0 unspecified atom stereocenters. The van der Waals surface area contributed by atoms with E-state index in [-0.39, 0.29) is 24.3 Å². The third-order valence-electron chi connectivity index (χ3n) is 5.44. The number of thiophene rings is 1. The van der Waals surface area contributed by atoms with Gasteiger partial charge in [0, 0.05) is 42.0 Å². The van der Waals surface area contributed by atoms with Gasteiger partial charge >= 0.3 is 0 Å². The summed E-state index contributed by atoms with van der Waals surface area (Å²) >= 11 is 1.39. The van der Waals surface area contributed by atoms with Crippen molar-refractivity contribution < 1.29 is 14.4 Å². The van der Waals surface area contributed by atoms with Gasteiger partial charge in [-0.05, 0) is 24.1 Å². The van der Waals surface area contributed by atoms with E-state index < -0.39 is 0 Å². The highest BCUT2D eigenvalue weighted by molar-refractivity contribution is 7.17. The molecule has 3 amide bonds.